The molecular formula is C18H18ClN3OS. The van der Waals surface area contributed by atoms with E-state index in [0.29, 0.717) is 21.3 Å². The molecule has 2 heterocycles. The topological polar surface area (TPSA) is 46.1 Å². The minimum atomic E-state index is 0.00404. The average Bonchev–Trinajstić information content (AvgIpc) is 2.83. The number of carbonyl (C=O) groups excluding carboxylic acids is 1. The quantitative estimate of drug-likeness (QED) is 0.650. The van der Waals surface area contributed by atoms with Crippen LogP contribution in [0.5, 0.6) is 0 Å². The number of aryl methyl sites for hydroxylation is 1. The zero-order valence-electron chi connectivity index (χ0n) is 13.5. The molecule has 0 saturated carbocycles. The number of halogens is 1. The Labute approximate surface area is 151 Å². The highest BCUT2D eigenvalue weighted by atomic mass is 35.5. The van der Waals surface area contributed by atoms with Crippen LogP contribution in [0.15, 0.2) is 42.5 Å². The van der Waals surface area contributed by atoms with E-state index >= 15 is 0 Å². The van der Waals surface area contributed by atoms with E-state index in [1.807, 2.05) is 30.7 Å². The molecule has 3 rings (SSSR count). The lowest BCUT2D eigenvalue weighted by molar-refractivity contribution is 0.103. The summed E-state index contributed by atoms with van der Waals surface area (Å²) in [6.45, 7) is 1.96. The Hall–Kier alpha value is -1.95. The summed E-state index contributed by atoms with van der Waals surface area (Å²) in [5.41, 5.74) is 9.50. The zero-order valence-corrected chi connectivity index (χ0v) is 15.0. The fourth-order valence-electron chi connectivity index (χ4n) is 2.89. The van der Waals surface area contributed by atoms with Crippen molar-refractivity contribution < 1.29 is 4.79 Å². The van der Waals surface area contributed by atoms with E-state index in [9.17, 15) is 4.79 Å². The first-order chi connectivity index (χ1) is 11.5. The second-order valence-corrected chi connectivity index (χ2v) is 6.74. The number of aromatic nitrogens is 1. The molecule has 0 radical (unpaired) electrons. The van der Waals surface area contributed by atoms with E-state index in [4.69, 9.17) is 23.8 Å². The van der Waals surface area contributed by atoms with Crippen molar-refractivity contribution in [3.8, 4) is 0 Å². The summed E-state index contributed by atoms with van der Waals surface area (Å²) >= 11 is 11.0. The number of carbonyl (C=O) groups is 1. The Bertz CT molecular complexity index is 824. The van der Waals surface area contributed by atoms with Gasteiger partial charge < -0.3 is 9.99 Å². The minimum Gasteiger partial charge on any atom is -0.345 e. The van der Waals surface area contributed by atoms with Crippen LogP contribution < -0.4 is 10.9 Å². The molecule has 0 amide bonds. The predicted molar refractivity (Wildman–Crippen MR) is 101 cm³/mol. The monoisotopic (exact) mass is 359 g/mol. The van der Waals surface area contributed by atoms with Gasteiger partial charge in [-0.05, 0) is 48.9 Å². The van der Waals surface area contributed by atoms with Gasteiger partial charge in [0, 0.05) is 35.8 Å². The van der Waals surface area contributed by atoms with Crippen LogP contribution in [0, 0.1) is 6.92 Å². The molecule has 1 aliphatic heterocycles. The number of rotatable bonds is 4. The smallest absolute Gasteiger partial charge is 0.209 e. The molecule has 1 atom stereocenters. The van der Waals surface area contributed by atoms with E-state index in [1.165, 1.54) is 0 Å². The van der Waals surface area contributed by atoms with Gasteiger partial charge in [-0.1, -0.05) is 29.9 Å². The fourth-order valence-corrected chi connectivity index (χ4v) is 3.15. The highest BCUT2D eigenvalue weighted by Gasteiger charge is 2.20. The first-order valence-electron chi connectivity index (χ1n) is 7.65. The van der Waals surface area contributed by atoms with E-state index in [0.717, 1.165) is 17.7 Å². The number of ketones is 1. The molecule has 4 nitrogen and oxygen atoms in total. The van der Waals surface area contributed by atoms with E-state index in [1.54, 1.807) is 24.3 Å². The van der Waals surface area contributed by atoms with Crippen molar-refractivity contribution in [2.75, 3.05) is 0 Å². The van der Waals surface area contributed by atoms with Gasteiger partial charge in [0.1, 0.15) is 4.99 Å². The third kappa shape index (κ3) is 3.43. The summed E-state index contributed by atoms with van der Waals surface area (Å²) in [6.07, 6.45) is 4.67. The Balaban J connectivity index is 1.86. The van der Waals surface area contributed by atoms with Crippen LogP contribution in [0.2, 0.25) is 5.02 Å². The molecule has 0 saturated heterocycles. The van der Waals surface area contributed by atoms with Gasteiger partial charge in [-0.15, -0.1) is 0 Å². The molecule has 2 aromatic rings. The lowest BCUT2D eigenvalue weighted by Gasteiger charge is -2.20. The third-order valence-corrected chi connectivity index (χ3v) is 4.62. The van der Waals surface area contributed by atoms with Gasteiger partial charge in [-0.2, -0.15) is 0 Å². The second-order valence-electron chi connectivity index (χ2n) is 5.87. The molecule has 24 heavy (non-hydrogen) atoms. The molecule has 1 unspecified atom stereocenters. The van der Waals surface area contributed by atoms with Crippen molar-refractivity contribution in [3.63, 3.8) is 0 Å². The van der Waals surface area contributed by atoms with Crippen LogP contribution in [0.1, 0.15) is 27.3 Å². The van der Waals surface area contributed by atoms with Crippen molar-refractivity contribution in [3.05, 3.63) is 70.0 Å². The Morgan fingerprint density at radius 1 is 1.33 bits per heavy atom. The highest BCUT2D eigenvalue weighted by molar-refractivity contribution is 7.80. The summed E-state index contributed by atoms with van der Waals surface area (Å²) in [6, 6.07) is 9.17. The molecule has 1 aliphatic rings. The Morgan fingerprint density at radius 2 is 2.04 bits per heavy atom. The standard InChI is InChI=1S/C18H18ClN3OS/c1-11-9-15(10-14-7-8-16(24)21-20-14)22(2)17(11)18(23)12-3-5-13(19)6-4-12/h3-9,14,20H,10H2,1-2H3,(H,21,24). The maximum absolute atomic E-state index is 12.8. The normalized spacial score (nSPS) is 17.0. The number of benzene rings is 1. The number of nitrogens with one attached hydrogen (secondary N) is 2. The van der Waals surface area contributed by atoms with Gasteiger partial charge in [-0.3, -0.25) is 4.79 Å². The van der Waals surface area contributed by atoms with Crippen LogP contribution in [0.4, 0.5) is 0 Å². The summed E-state index contributed by atoms with van der Waals surface area (Å²) in [5, 5.41) is 0.622. The van der Waals surface area contributed by atoms with Crippen molar-refractivity contribution in [1.82, 2.24) is 15.4 Å². The molecule has 1 aromatic carbocycles. The average molecular weight is 360 g/mol. The first-order valence-corrected chi connectivity index (χ1v) is 8.43. The van der Waals surface area contributed by atoms with Crippen molar-refractivity contribution in [1.29, 1.82) is 0 Å². The van der Waals surface area contributed by atoms with Gasteiger partial charge in [-0.25, -0.2) is 5.43 Å². The number of hydrogen-bond acceptors (Lipinski definition) is 3. The third-order valence-electron chi connectivity index (χ3n) is 4.13. The molecule has 0 bridgehead atoms. The molecule has 0 fully saturated rings. The second kappa shape index (κ2) is 6.89. The predicted octanol–water partition coefficient (Wildman–Crippen LogP) is 3.12. The molecule has 6 heteroatoms. The molecule has 2 N–H and O–H groups in total. The van der Waals surface area contributed by atoms with E-state index in [2.05, 4.69) is 16.9 Å². The Morgan fingerprint density at radius 3 is 2.67 bits per heavy atom. The summed E-state index contributed by atoms with van der Waals surface area (Å²) in [5.74, 6) is 0.00404. The number of hydrazine groups is 1. The van der Waals surface area contributed by atoms with Crippen LogP contribution in [0.3, 0.4) is 0 Å². The number of hydrogen-bond donors (Lipinski definition) is 2. The van der Waals surface area contributed by atoms with Gasteiger partial charge >= 0.3 is 0 Å². The minimum absolute atomic E-state index is 0.00404. The van der Waals surface area contributed by atoms with Crippen LogP contribution in [0.25, 0.3) is 0 Å². The molecule has 0 spiro atoms. The summed E-state index contributed by atoms with van der Waals surface area (Å²) in [7, 11) is 1.93. The van der Waals surface area contributed by atoms with Crippen molar-refractivity contribution >= 4 is 34.6 Å². The van der Waals surface area contributed by atoms with E-state index in [-0.39, 0.29) is 11.8 Å². The van der Waals surface area contributed by atoms with Gasteiger partial charge in [0.2, 0.25) is 5.78 Å². The number of thiocarbonyl (C=S) groups is 1. The van der Waals surface area contributed by atoms with Crippen molar-refractivity contribution in [2.45, 2.75) is 19.4 Å². The van der Waals surface area contributed by atoms with Gasteiger partial charge in [0.05, 0.1) is 5.69 Å². The highest BCUT2D eigenvalue weighted by Crippen LogP contribution is 2.21. The Kier molecular flexibility index (Phi) is 4.85. The SMILES string of the molecule is Cc1cc(CC2C=CC(=S)NN2)n(C)c1C(=O)c1ccc(Cl)cc1. The van der Waals surface area contributed by atoms with Crippen LogP contribution in [-0.2, 0) is 13.5 Å². The van der Waals surface area contributed by atoms with Crippen LogP contribution in [-0.4, -0.2) is 21.4 Å². The molecule has 0 aliphatic carbocycles. The zero-order chi connectivity index (χ0) is 17.3. The van der Waals surface area contributed by atoms with Gasteiger partial charge in [0.25, 0.3) is 0 Å². The van der Waals surface area contributed by atoms with E-state index < -0.39 is 0 Å². The fraction of sp³-hybridized carbons (Fsp3) is 0.222. The maximum Gasteiger partial charge on any atom is 0.209 e. The lowest BCUT2D eigenvalue weighted by atomic mass is 10.1. The largest absolute Gasteiger partial charge is 0.345 e. The molecular weight excluding hydrogens is 342 g/mol. The summed E-state index contributed by atoms with van der Waals surface area (Å²) < 4.78 is 1.97. The number of nitrogens with zero attached hydrogens (tertiary/aromatic N) is 1. The lowest BCUT2D eigenvalue weighted by Crippen LogP contribution is -2.46. The van der Waals surface area contributed by atoms with Crippen molar-refractivity contribution in [2.24, 2.45) is 7.05 Å². The van der Waals surface area contributed by atoms with Gasteiger partial charge in [0.15, 0.2) is 0 Å². The maximum atomic E-state index is 12.8. The molecule has 1 aromatic heterocycles. The van der Waals surface area contributed by atoms with Crippen LogP contribution >= 0.6 is 23.8 Å². The summed E-state index contributed by atoms with van der Waals surface area (Å²) in [4.78, 5) is 13.5. The molecule has 124 valence electrons. The first kappa shape index (κ1) is 16.9.